The number of hydrogen-bond acceptors (Lipinski definition) is 15. The molecule has 1 aromatic heterocycles. The Labute approximate surface area is 431 Å². The maximum absolute atomic E-state index is 17.4. The van der Waals surface area contributed by atoms with Crippen molar-refractivity contribution in [2.75, 3.05) is 11.5 Å². The number of ether oxygens (including phenoxy) is 4. The summed E-state index contributed by atoms with van der Waals surface area (Å²) >= 11 is 1.63. The summed E-state index contributed by atoms with van der Waals surface area (Å²) in [6.45, 7) is 10.1. The lowest BCUT2D eigenvalue weighted by atomic mass is 9.44. The SMILES string of the molecule is C.C.CC1(C)O[C@@H]2C[C@H]3[C@@H]4C[C@H](F)C5=CC(=O)C=C[C@]5(C)[C@@]4(F)[C@@H](O)C[C@]3(C)[C@]2(C(=O)SCC#N)O1.C[C@]12C=CC(=O)C=C1[C@@H](F)C[C@H]1[C@@H]3C[C@H]4OC(c5ccco5)O[C@@]4(C(=O)SCC#N)[C@@]3(C)C[C@H](O)[C@@]12F. The summed E-state index contributed by atoms with van der Waals surface area (Å²) in [6.07, 6.45) is 0.0517. The van der Waals surface area contributed by atoms with Crippen molar-refractivity contribution >= 4 is 45.3 Å². The Morgan fingerprint density at radius 2 is 1.18 bits per heavy atom. The van der Waals surface area contributed by atoms with Crippen molar-refractivity contribution < 1.29 is 70.3 Å². The third-order valence-electron chi connectivity index (χ3n) is 18.9. The van der Waals surface area contributed by atoms with Gasteiger partial charge in [0.2, 0.25) is 16.5 Å². The molecule has 2 aliphatic heterocycles. The normalized spacial score (nSPS) is 47.8. The Morgan fingerprint density at radius 3 is 1.64 bits per heavy atom. The van der Waals surface area contributed by atoms with Crippen molar-refractivity contribution in [2.24, 2.45) is 45.3 Å². The fourth-order valence-corrected chi connectivity index (χ4v) is 17.6. The van der Waals surface area contributed by atoms with Crippen LogP contribution in [0.15, 0.2) is 70.4 Å². The second-order valence-electron chi connectivity index (χ2n) is 22.3. The molecule has 1 unspecified atom stereocenters. The van der Waals surface area contributed by atoms with Crippen molar-refractivity contribution in [1.82, 2.24) is 0 Å². The highest BCUT2D eigenvalue weighted by Gasteiger charge is 2.82. The van der Waals surface area contributed by atoms with Gasteiger partial charge in [-0.3, -0.25) is 19.2 Å². The molecule has 0 aromatic carbocycles. The number of carbonyl (C=O) groups excluding carboxylic acids is 4. The van der Waals surface area contributed by atoms with Crippen LogP contribution < -0.4 is 0 Å². The zero-order chi connectivity index (χ0) is 51.3. The maximum Gasteiger partial charge on any atom is 0.225 e. The molecule has 6 saturated carbocycles. The average Bonchev–Trinajstić information content (AvgIpc) is 4.12. The number of nitriles is 2. The van der Waals surface area contributed by atoms with Crippen LogP contribution in [0.1, 0.15) is 107 Å². The van der Waals surface area contributed by atoms with Crippen molar-refractivity contribution in [3.63, 3.8) is 0 Å². The molecule has 0 radical (unpaired) electrons. The second kappa shape index (κ2) is 18.1. The van der Waals surface area contributed by atoms with Gasteiger partial charge in [0.1, 0.15) is 12.3 Å². The summed E-state index contributed by atoms with van der Waals surface area (Å²) < 4.78 is 96.4. The number of carbonyl (C=O) groups is 4. The van der Waals surface area contributed by atoms with Crippen molar-refractivity contribution in [2.45, 2.75) is 166 Å². The quantitative estimate of drug-likeness (QED) is 0.264. The molecule has 13 nitrogen and oxygen atoms in total. The summed E-state index contributed by atoms with van der Waals surface area (Å²) in [6, 6.07) is 7.24. The van der Waals surface area contributed by atoms with Crippen molar-refractivity contribution in [3.05, 3.63) is 71.8 Å². The minimum Gasteiger partial charge on any atom is -0.464 e. The first-order chi connectivity index (χ1) is 33.3. The number of alkyl halides is 4. The second-order valence-corrected chi connectivity index (χ2v) is 24.2. The van der Waals surface area contributed by atoms with Crippen LogP contribution in [0, 0.1) is 68.0 Å². The standard InChI is InChI=1S/C27H27F2NO6S.C25H29F2NO5S.2CH4/c1-24-6-5-14(31)10-17(24)18(28)11-16-15-12-21-27(23(33)37-9-7-30,25(15,2)13-20(32)26(16,24)29)36-22(35-21)19-4-3-8-34-19;1-21(2)32-19-11-14-15-10-17(26)16-9-13(29)5-6-22(16,3)24(15,27)18(30)12-23(14,4)25(19,33-21)20(31)34-8-7-28;;/h3-6,8,10,15-16,18,20-22,32H,9,11-13H2,1-2H3;5-6,9,14-15,17-19,30H,8,10-12H2,1-4H3;2*1H4/t15-,16-,18-,20-,21+,22?,24-,25-,26-,27-;14-,15-,17-,18-,19+,22-,23-,24-,25-;;/m00../s1. The van der Waals surface area contributed by atoms with Crippen LogP contribution in [0.3, 0.4) is 0 Å². The fourth-order valence-electron chi connectivity index (χ4n) is 15.9. The number of aliphatic hydroxyl groups is 2. The van der Waals surface area contributed by atoms with Crippen LogP contribution in [0.25, 0.3) is 0 Å². The van der Waals surface area contributed by atoms with Gasteiger partial charge in [-0.25, -0.2) is 17.6 Å². The Balaban J connectivity index is 0.000000190. The topological polar surface area (TPSA) is 206 Å². The van der Waals surface area contributed by atoms with Gasteiger partial charge in [-0.2, -0.15) is 10.5 Å². The summed E-state index contributed by atoms with van der Waals surface area (Å²) in [4.78, 5) is 51.4. The predicted molar refractivity (Wildman–Crippen MR) is 261 cm³/mol. The number of thioether (sulfide) groups is 2. The van der Waals surface area contributed by atoms with Crippen LogP contribution in [0.4, 0.5) is 17.6 Å². The Hall–Kier alpha value is -3.92. The molecule has 2 saturated heterocycles. The molecule has 396 valence electrons. The number of hydrogen-bond donors (Lipinski definition) is 2. The van der Waals surface area contributed by atoms with E-state index in [2.05, 4.69) is 0 Å². The lowest BCUT2D eigenvalue weighted by molar-refractivity contribution is -0.246. The lowest BCUT2D eigenvalue weighted by Gasteiger charge is -2.63. The number of furan rings is 1. The van der Waals surface area contributed by atoms with E-state index in [1.54, 1.807) is 46.8 Å². The van der Waals surface area contributed by atoms with Crippen LogP contribution in [-0.2, 0) is 38.1 Å². The molecule has 8 fully saturated rings. The molecule has 0 bridgehead atoms. The predicted octanol–water partition coefficient (Wildman–Crippen LogP) is 9.01. The van der Waals surface area contributed by atoms with Gasteiger partial charge in [0.25, 0.3) is 0 Å². The molecular formula is C54H64F4N2O11S2. The first kappa shape index (κ1) is 55.3. The van der Waals surface area contributed by atoms with Gasteiger partial charge in [0.15, 0.2) is 45.7 Å². The molecule has 0 amide bonds. The molecule has 19 heteroatoms. The van der Waals surface area contributed by atoms with Gasteiger partial charge in [0.05, 0.1) is 54.3 Å². The minimum absolute atomic E-state index is 0. The molecular weight excluding hydrogens is 993 g/mol. The lowest BCUT2D eigenvalue weighted by Crippen LogP contribution is -2.70. The molecule has 73 heavy (non-hydrogen) atoms. The molecule has 3 heterocycles. The Kier molecular flexibility index (Phi) is 13.7. The summed E-state index contributed by atoms with van der Waals surface area (Å²) in [5.41, 5.74) is -12.7. The van der Waals surface area contributed by atoms with Gasteiger partial charge in [-0.1, -0.05) is 64.4 Å². The maximum atomic E-state index is 17.4. The first-order valence-corrected chi connectivity index (χ1v) is 26.0. The van der Waals surface area contributed by atoms with Crippen molar-refractivity contribution in [3.8, 4) is 12.1 Å². The number of aliphatic hydroxyl groups excluding tert-OH is 2. The highest BCUT2D eigenvalue weighted by molar-refractivity contribution is 8.14. The highest BCUT2D eigenvalue weighted by Crippen LogP contribution is 2.75. The van der Waals surface area contributed by atoms with E-state index < -0.39 is 133 Å². The van der Waals surface area contributed by atoms with Gasteiger partial charge in [-0.05, 0) is 126 Å². The molecule has 19 atom stereocenters. The van der Waals surface area contributed by atoms with Crippen LogP contribution >= 0.6 is 23.5 Å². The summed E-state index contributed by atoms with van der Waals surface area (Å²) in [5.74, 6) is -4.70. The minimum atomic E-state index is -2.27. The first-order valence-electron chi connectivity index (χ1n) is 24.0. The van der Waals surface area contributed by atoms with Gasteiger partial charge in [-0.15, -0.1) is 0 Å². The van der Waals surface area contributed by atoms with Crippen molar-refractivity contribution in [1.29, 1.82) is 10.5 Å². The molecule has 8 aliphatic carbocycles. The summed E-state index contributed by atoms with van der Waals surface area (Å²) in [5, 5.41) is 40.4. The molecule has 0 spiro atoms. The smallest absolute Gasteiger partial charge is 0.225 e. The monoisotopic (exact) mass is 1060 g/mol. The number of fused-ring (bicyclic) bond motifs is 14. The van der Waals surface area contributed by atoms with Gasteiger partial charge < -0.3 is 33.6 Å². The molecule has 11 rings (SSSR count). The summed E-state index contributed by atoms with van der Waals surface area (Å²) in [7, 11) is 0. The van der Waals surface area contributed by atoms with E-state index in [0.717, 1.165) is 35.7 Å². The van der Waals surface area contributed by atoms with E-state index in [1.807, 2.05) is 12.1 Å². The largest absolute Gasteiger partial charge is 0.464 e. The third kappa shape index (κ3) is 7.07. The number of rotatable bonds is 5. The zero-order valence-electron chi connectivity index (χ0n) is 40.0. The van der Waals surface area contributed by atoms with Crippen LogP contribution in [0.2, 0.25) is 0 Å². The van der Waals surface area contributed by atoms with E-state index in [0.29, 0.717) is 5.76 Å². The van der Waals surface area contributed by atoms with E-state index in [9.17, 15) is 29.4 Å². The number of nitrogens with zero attached hydrogens (tertiary/aromatic N) is 2. The molecule has 10 aliphatic rings. The highest BCUT2D eigenvalue weighted by atomic mass is 32.2. The molecule has 2 N–H and O–H groups in total. The Morgan fingerprint density at radius 1 is 0.712 bits per heavy atom. The van der Waals surface area contributed by atoms with E-state index in [-0.39, 0.29) is 81.1 Å². The van der Waals surface area contributed by atoms with Crippen LogP contribution in [0.5, 0.6) is 0 Å². The van der Waals surface area contributed by atoms with Crippen LogP contribution in [-0.4, -0.2) is 109 Å². The fraction of sp³-hybridized carbons (Fsp3) is 0.667. The van der Waals surface area contributed by atoms with E-state index >= 15 is 17.6 Å². The number of allylic oxidation sites excluding steroid dienone is 8. The number of ketones is 2. The number of halogens is 4. The van der Waals surface area contributed by atoms with E-state index in [1.165, 1.54) is 37.5 Å². The van der Waals surface area contributed by atoms with Gasteiger partial charge >= 0.3 is 0 Å². The molecule has 1 aromatic rings. The third-order valence-corrected chi connectivity index (χ3v) is 20.6. The Bertz CT molecular complexity index is 2690. The van der Waals surface area contributed by atoms with E-state index in [4.69, 9.17) is 33.9 Å². The average molecular weight is 1060 g/mol. The van der Waals surface area contributed by atoms with Gasteiger partial charge in [0, 0.05) is 33.5 Å². The zero-order valence-corrected chi connectivity index (χ0v) is 41.6.